The third-order valence-corrected chi connectivity index (χ3v) is 5.05. The van der Waals surface area contributed by atoms with Crippen molar-refractivity contribution in [2.75, 3.05) is 36.1 Å². The van der Waals surface area contributed by atoms with Crippen LogP contribution in [-0.2, 0) is 14.3 Å². The van der Waals surface area contributed by atoms with E-state index in [4.69, 9.17) is 4.74 Å². The topological polar surface area (TPSA) is 79.0 Å². The van der Waals surface area contributed by atoms with Crippen LogP contribution in [0.25, 0.3) is 6.08 Å². The Bertz CT molecular complexity index is 994. The van der Waals surface area contributed by atoms with Gasteiger partial charge < -0.3 is 9.64 Å². The third kappa shape index (κ3) is 3.77. The average Bonchev–Trinajstić information content (AvgIpc) is 2.73. The molecule has 2 aromatic rings. The van der Waals surface area contributed by atoms with Gasteiger partial charge >= 0.3 is 6.03 Å². The van der Waals surface area contributed by atoms with Gasteiger partial charge in [-0.15, -0.1) is 0 Å². The Morgan fingerprint density at radius 1 is 0.966 bits per heavy atom. The Hall–Kier alpha value is -3.45. The largest absolute Gasteiger partial charge is 0.378 e. The zero-order chi connectivity index (χ0) is 20.4. The van der Waals surface area contributed by atoms with Crippen molar-refractivity contribution in [2.24, 2.45) is 0 Å². The van der Waals surface area contributed by atoms with Gasteiger partial charge in [0, 0.05) is 18.8 Å². The molecule has 0 spiro atoms. The Balaban J connectivity index is 1.65. The van der Waals surface area contributed by atoms with Gasteiger partial charge in [0.05, 0.1) is 18.9 Å². The predicted octanol–water partition coefficient (Wildman–Crippen LogP) is 2.50. The first-order valence-electron chi connectivity index (χ1n) is 9.44. The number of hydrogen-bond donors (Lipinski definition) is 1. The first kappa shape index (κ1) is 18.9. The number of ether oxygens (including phenoxy) is 1. The van der Waals surface area contributed by atoms with Crippen LogP contribution >= 0.6 is 0 Å². The highest BCUT2D eigenvalue weighted by atomic mass is 16.5. The standard InChI is InChI=1S/C22H21N3O4/c1-15-13-18(24-9-11-29-12-10-24)8-7-16(15)14-19-20(26)23-22(28)25(21(19)27)17-5-3-2-4-6-17/h2-8,13-14H,9-12H2,1H3,(H,23,26,28). The van der Waals surface area contributed by atoms with E-state index in [0.29, 0.717) is 18.9 Å². The summed E-state index contributed by atoms with van der Waals surface area (Å²) in [4.78, 5) is 40.7. The van der Waals surface area contributed by atoms with E-state index in [1.165, 1.54) is 0 Å². The van der Waals surface area contributed by atoms with Crippen LogP contribution in [0.4, 0.5) is 16.2 Å². The maximum atomic E-state index is 12.9. The van der Waals surface area contributed by atoms with Crippen LogP contribution in [-0.4, -0.2) is 44.1 Å². The molecule has 7 nitrogen and oxygen atoms in total. The van der Waals surface area contributed by atoms with E-state index in [1.54, 1.807) is 36.4 Å². The number of morpholine rings is 1. The molecule has 0 atom stereocenters. The van der Waals surface area contributed by atoms with Gasteiger partial charge in [0.25, 0.3) is 11.8 Å². The lowest BCUT2D eigenvalue weighted by molar-refractivity contribution is -0.122. The predicted molar refractivity (Wildman–Crippen MR) is 110 cm³/mol. The van der Waals surface area contributed by atoms with E-state index >= 15 is 0 Å². The molecule has 29 heavy (non-hydrogen) atoms. The Labute approximate surface area is 168 Å². The highest BCUT2D eigenvalue weighted by Gasteiger charge is 2.36. The van der Waals surface area contributed by atoms with E-state index in [1.807, 2.05) is 25.1 Å². The highest BCUT2D eigenvalue weighted by molar-refractivity contribution is 6.39. The van der Waals surface area contributed by atoms with Gasteiger partial charge in [0.1, 0.15) is 5.57 Å². The molecule has 0 unspecified atom stereocenters. The maximum Gasteiger partial charge on any atom is 0.335 e. The van der Waals surface area contributed by atoms with Gasteiger partial charge in [-0.2, -0.15) is 0 Å². The molecule has 0 bridgehead atoms. The van der Waals surface area contributed by atoms with Gasteiger partial charge in [-0.05, 0) is 48.4 Å². The molecule has 1 N–H and O–H groups in total. The van der Waals surface area contributed by atoms with Crippen LogP contribution in [0.15, 0.2) is 54.1 Å². The number of carbonyl (C=O) groups excluding carboxylic acids is 3. The average molecular weight is 391 g/mol. The molecule has 2 saturated heterocycles. The second kappa shape index (κ2) is 7.89. The van der Waals surface area contributed by atoms with Crippen molar-refractivity contribution in [3.63, 3.8) is 0 Å². The number of imide groups is 2. The number of aryl methyl sites for hydroxylation is 1. The molecule has 148 valence electrons. The van der Waals surface area contributed by atoms with Crippen LogP contribution in [0.1, 0.15) is 11.1 Å². The van der Waals surface area contributed by atoms with Crippen molar-refractivity contribution < 1.29 is 19.1 Å². The normalized spacial score (nSPS) is 18.9. The molecule has 0 aromatic heterocycles. The lowest BCUT2D eigenvalue weighted by Gasteiger charge is -2.29. The molecule has 2 aromatic carbocycles. The number of anilines is 2. The molecule has 7 heteroatoms. The molecular weight excluding hydrogens is 370 g/mol. The van der Waals surface area contributed by atoms with Gasteiger partial charge in [-0.1, -0.05) is 24.3 Å². The number of amides is 4. The molecule has 2 fully saturated rings. The highest BCUT2D eigenvalue weighted by Crippen LogP contribution is 2.25. The Morgan fingerprint density at radius 2 is 1.69 bits per heavy atom. The van der Waals surface area contributed by atoms with Gasteiger partial charge in [0.2, 0.25) is 0 Å². The molecule has 0 saturated carbocycles. The zero-order valence-corrected chi connectivity index (χ0v) is 16.1. The second-order valence-electron chi connectivity index (χ2n) is 6.93. The lowest BCUT2D eigenvalue weighted by Crippen LogP contribution is -2.54. The molecule has 0 radical (unpaired) electrons. The zero-order valence-electron chi connectivity index (χ0n) is 16.1. The minimum absolute atomic E-state index is 0.0734. The van der Waals surface area contributed by atoms with Crippen molar-refractivity contribution in [2.45, 2.75) is 6.92 Å². The fraction of sp³-hybridized carbons (Fsp3) is 0.227. The number of nitrogens with zero attached hydrogens (tertiary/aromatic N) is 2. The van der Waals surface area contributed by atoms with Crippen LogP contribution < -0.4 is 15.1 Å². The number of rotatable bonds is 3. The minimum Gasteiger partial charge on any atom is -0.378 e. The van der Waals surface area contributed by atoms with Crippen molar-refractivity contribution in [3.8, 4) is 0 Å². The second-order valence-corrected chi connectivity index (χ2v) is 6.93. The summed E-state index contributed by atoms with van der Waals surface area (Å²) in [5, 5.41) is 2.25. The molecule has 2 heterocycles. The van der Waals surface area contributed by atoms with Crippen molar-refractivity contribution in [1.29, 1.82) is 0 Å². The Kier molecular flexibility index (Phi) is 5.14. The summed E-state index contributed by atoms with van der Waals surface area (Å²) in [6, 6.07) is 13.7. The van der Waals surface area contributed by atoms with E-state index in [2.05, 4.69) is 10.2 Å². The van der Waals surface area contributed by atoms with Crippen LogP contribution in [0.3, 0.4) is 0 Å². The molecule has 2 aliphatic rings. The van der Waals surface area contributed by atoms with E-state index in [9.17, 15) is 14.4 Å². The third-order valence-electron chi connectivity index (χ3n) is 5.05. The summed E-state index contributed by atoms with van der Waals surface area (Å²) in [6.45, 7) is 4.98. The molecule has 0 aliphatic carbocycles. The summed E-state index contributed by atoms with van der Waals surface area (Å²) >= 11 is 0. The monoisotopic (exact) mass is 391 g/mol. The first-order valence-corrected chi connectivity index (χ1v) is 9.44. The molecule has 2 aliphatic heterocycles. The fourth-order valence-corrected chi connectivity index (χ4v) is 3.46. The number of para-hydroxylation sites is 1. The maximum absolute atomic E-state index is 12.9. The summed E-state index contributed by atoms with van der Waals surface area (Å²) in [5.41, 5.74) is 3.10. The summed E-state index contributed by atoms with van der Waals surface area (Å²) in [7, 11) is 0. The molecular formula is C22H21N3O4. The van der Waals surface area contributed by atoms with Crippen LogP contribution in [0.5, 0.6) is 0 Å². The van der Waals surface area contributed by atoms with Gasteiger partial charge in [0.15, 0.2) is 0 Å². The lowest BCUT2D eigenvalue weighted by atomic mass is 10.0. The number of urea groups is 1. The molecule has 4 rings (SSSR count). The molecule has 4 amide bonds. The van der Waals surface area contributed by atoms with Crippen LogP contribution in [0, 0.1) is 6.92 Å². The summed E-state index contributed by atoms with van der Waals surface area (Å²) in [5.74, 6) is -1.33. The van der Waals surface area contributed by atoms with E-state index in [0.717, 1.165) is 34.8 Å². The number of benzene rings is 2. The van der Waals surface area contributed by atoms with Crippen LogP contribution in [0.2, 0.25) is 0 Å². The number of carbonyl (C=O) groups is 3. The van der Waals surface area contributed by atoms with Gasteiger partial charge in [-0.25, -0.2) is 9.69 Å². The van der Waals surface area contributed by atoms with E-state index < -0.39 is 17.8 Å². The first-order chi connectivity index (χ1) is 14.0. The quantitative estimate of drug-likeness (QED) is 0.642. The number of nitrogens with one attached hydrogen (secondary N) is 1. The smallest absolute Gasteiger partial charge is 0.335 e. The van der Waals surface area contributed by atoms with Crippen molar-refractivity contribution in [3.05, 3.63) is 65.2 Å². The van der Waals surface area contributed by atoms with Crippen molar-refractivity contribution in [1.82, 2.24) is 5.32 Å². The number of hydrogen-bond acceptors (Lipinski definition) is 5. The SMILES string of the molecule is Cc1cc(N2CCOCC2)ccc1C=C1C(=O)NC(=O)N(c2ccccc2)C1=O. The number of barbiturate groups is 1. The van der Waals surface area contributed by atoms with Gasteiger partial charge in [-0.3, -0.25) is 14.9 Å². The minimum atomic E-state index is -0.747. The fourth-order valence-electron chi connectivity index (χ4n) is 3.46. The summed E-state index contributed by atoms with van der Waals surface area (Å²) < 4.78 is 5.39. The van der Waals surface area contributed by atoms with Crippen molar-refractivity contribution >= 4 is 35.3 Å². The van der Waals surface area contributed by atoms with E-state index in [-0.39, 0.29) is 5.57 Å². The summed E-state index contributed by atoms with van der Waals surface area (Å²) in [6.07, 6.45) is 1.54. The Morgan fingerprint density at radius 3 is 2.38 bits per heavy atom.